The van der Waals surface area contributed by atoms with E-state index in [0.717, 1.165) is 25.7 Å². The van der Waals surface area contributed by atoms with Gasteiger partial charge in [-0.2, -0.15) is 0 Å². The normalized spacial score (nSPS) is 21.5. The molecule has 34 heavy (non-hydrogen) atoms. The molecule has 1 aliphatic rings. The number of aliphatic hydroxyl groups excluding tert-OH is 1. The average Bonchev–Trinajstić information content (AvgIpc) is 2.81. The molecule has 198 valence electrons. The molecule has 0 aromatic carbocycles. The van der Waals surface area contributed by atoms with Crippen LogP contribution in [0.5, 0.6) is 0 Å². The fraction of sp³-hybridized carbons (Fsp3) is 0.857. The second-order valence-corrected chi connectivity index (χ2v) is 10.6. The van der Waals surface area contributed by atoms with Gasteiger partial charge in [-0.05, 0) is 45.4 Å². The Balaban J connectivity index is 2.43. The molecule has 1 rings (SSSR count). The zero-order valence-corrected chi connectivity index (χ0v) is 22.8. The van der Waals surface area contributed by atoms with Crippen molar-refractivity contribution in [2.45, 2.75) is 128 Å². The van der Waals surface area contributed by atoms with Crippen LogP contribution in [0.3, 0.4) is 0 Å². The number of ether oxygens (including phenoxy) is 2. The van der Waals surface area contributed by atoms with Gasteiger partial charge in [-0.25, -0.2) is 0 Å². The Hall–Kier alpha value is -1.01. The molecule has 0 aromatic rings. The molecule has 0 radical (unpaired) electrons. The van der Waals surface area contributed by atoms with Crippen LogP contribution in [0.25, 0.3) is 0 Å². The molecule has 0 aromatic heterocycles. The van der Waals surface area contributed by atoms with Crippen molar-refractivity contribution in [1.82, 2.24) is 0 Å². The lowest BCUT2D eigenvalue weighted by Gasteiger charge is -2.36. The van der Waals surface area contributed by atoms with E-state index in [4.69, 9.17) is 9.47 Å². The number of rotatable bonds is 19. The van der Waals surface area contributed by atoms with Gasteiger partial charge in [-0.15, -0.1) is 11.8 Å². The van der Waals surface area contributed by atoms with Crippen molar-refractivity contribution >= 4 is 23.7 Å². The lowest BCUT2D eigenvalue weighted by atomic mass is 9.80. The second kappa shape index (κ2) is 20.2. The second-order valence-electron chi connectivity index (χ2n) is 9.44. The maximum absolute atomic E-state index is 12.0. The van der Waals surface area contributed by atoms with Gasteiger partial charge in [0.25, 0.3) is 0 Å². The topological polar surface area (TPSA) is 72.8 Å². The van der Waals surface area contributed by atoms with Crippen LogP contribution in [0.4, 0.5) is 0 Å². The van der Waals surface area contributed by atoms with Crippen LogP contribution >= 0.6 is 11.8 Å². The summed E-state index contributed by atoms with van der Waals surface area (Å²) in [7, 11) is 0. The minimum absolute atomic E-state index is 0.127. The Labute approximate surface area is 212 Å². The van der Waals surface area contributed by atoms with Gasteiger partial charge in [0.1, 0.15) is 0 Å². The molecule has 0 amide bonds. The highest BCUT2D eigenvalue weighted by Crippen LogP contribution is 2.38. The smallest absolute Gasteiger partial charge is 0.315 e. The summed E-state index contributed by atoms with van der Waals surface area (Å²) in [5.74, 6) is -0.416. The number of hydrogen-bond donors (Lipinski definition) is 1. The molecule has 1 fully saturated rings. The lowest BCUT2D eigenvalue weighted by Crippen LogP contribution is -2.39. The van der Waals surface area contributed by atoms with Gasteiger partial charge in [-0.3, -0.25) is 9.59 Å². The highest BCUT2D eigenvalue weighted by molar-refractivity contribution is 8.00. The number of carbonyl (C=O) groups excluding carboxylic acids is 2. The summed E-state index contributed by atoms with van der Waals surface area (Å²) in [4.78, 5) is 23.9. The number of hydrogen-bond acceptors (Lipinski definition) is 6. The summed E-state index contributed by atoms with van der Waals surface area (Å²) < 4.78 is 10.2. The first kappa shape index (κ1) is 31.0. The zero-order chi connectivity index (χ0) is 25.0. The number of carbonyl (C=O) groups is 2. The number of unbranched alkanes of at least 4 members (excludes halogenated alkanes) is 11. The van der Waals surface area contributed by atoms with E-state index in [0.29, 0.717) is 13.2 Å². The van der Waals surface area contributed by atoms with Gasteiger partial charge < -0.3 is 14.6 Å². The van der Waals surface area contributed by atoms with Gasteiger partial charge in [0.05, 0.1) is 36.7 Å². The minimum atomic E-state index is -0.652. The molecule has 1 saturated carbocycles. The summed E-state index contributed by atoms with van der Waals surface area (Å²) >= 11 is 1.45. The third-order valence-corrected chi connectivity index (χ3v) is 7.94. The molecule has 0 spiro atoms. The standard InChI is InChI=1S/C28H50O5S/c1-4-7-8-9-10-11-12-13-14-15-16-17-18-23-19-20-24(21-25(29)32-5-2)27(31)28(23)34-22-26(30)33-6-3/h18,24,27-28,31H,4-17,19-22H2,1-3H3/t24-,27+,28+/m0/s1. The molecule has 3 atom stereocenters. The predicted octanol–water partition coefficient (Wildman–Crippen LogP) is 7.00. The summed E-state index contributed by atoms with van der Waals surface area (Å²) in [6, 6.07) is 0. The minimum Gasteiger partial charge on any atom is -0.466 e. The molecule has 6 heteroatoms. The summed E-state index contributed by atoms with van der Waals surface area (Å²) in [6.07, 6.45) is 19.1. The van der Waals surface area contributed by atoms with Crippen molar-refractivity contribution in [3.63, 3.8) is 0 Å². The number of aliphatic hydroxyl groups is 1. The van der Waals surface area contributed by atoms with E-state index in [1.165, 1.54) is 81.5 Å². The highest BCUT2D eigenvalue weighted by atomic mass is 32.2. The molecule has 1 N–H and O–H groups in total. The van der Waals surface area contributed by atoms with Crippen LogP contribution < -0.4 is 0 Å². The molecule has 5 nitrogen and oxygen atoms in total. The first-order valence-corrected chi connectivity index (χ1v) is 14.9. The van der Waals surface area contributed by atoms with E-state index in [1.54, 1.807) is 13.8 Å². The number of thioether (sulfide) groups is 1. The van der Waals surface area contributed by atoms with Crippen molar-refractivity contribution in [2.75, 3.05) is 19.0 Å². The fourth-order valence-corrected chi connectivity index (χ4v) is 5.92. The van der Waals surface area contributed by atoms with Crippen LogP contribution in [-0.4, -0.2) is 47.4 Å². The van der Waals surface area contributed by atoms with Gasteiger partial charge >= 0.3 is 11.9 Å². The monoisotopic (exact) mass is 498 g/mol. The molecule has 0 saturated heterocycles. The zero-order valence-electron chi connectivity index (χ0n) is 22.0. The Bertz CT molecular complexity index is 577. The third-order valence-electron chi connectivity index (χ3n) is 6.60. The average molecular weight is 499 g/mol. The maximum atomic E-state index is 12.0. The SMILES string of the molecule is CCCCCCCCCCCCCC=C1CC[C@@H](CC(=O)OCC)[C@@H](O)[C@@H]1SCC(=O)OCC. The summed E-state index contributed by atoms with van der Waals surface area (Å²) in [5, 5.41) is 10.9. The molecular formula is C28H50O5S. The van der Waals surface area contributed by atoms with Gasteiger partial charge in [0, 0.05) is 0 Å². The van der Waals surface area contributed by atoms with Crippen LogP contribution in [-0.2, 0) is 19.1 Å². The van der Waals surface area contributed by atoms with Crippen LogP contribution in [0.15, 0.2) is 11.6 Å². The Kier molecular flexibility index (Phi) is 18.4. The quantitative estimate of drug-likeness (QED) is 0.117. The fourth-order valence-electron chi connectivity index (χ4n) is 4.67. The lowest BCUT2D eigenvalue weighted by molar-refractivity contribution is -0.145. The van der Waals surface area contributed by atoms with Gasteiger partial charge in [0.2, 0.25) is 0 Å². The Morgan fingerprint density at radius 3 is 2.03 bits per heavy atom. The van der Waals surface area contributed by atoms with Crippen molar-refractivity contribution in [2.24, 2.45) is 5.92 Å². The predicted molar refractivity (Wildman–Crippen MR) is 142 cm³/mol. The van der Waals surface area contributed by atoms with E-state index >= 15 is 0 Å². The maximum Gasteiger partial charge on any atom is 0.315 e. The molecule has 0 aliphatic heterocycles. The van der Waals surface area contributed by atoms with E-state index in [1.807, 2.05) is 0 Å². The van der Waals surface area contributed by atoms with E-state index in [-0.39, 0.29) is 35.3 Å². The first-order chi connectivity index (χ1) is 16.5. The van der Waals surface area contributed by atoms with Crippen molar-refractivity contribution in [1.29, 1.82) is 0 Å². The van der Waals surface area contributed by atoms with Crippen molar-refractivity contribution < 1.29 is 24.2 Å². The largest absolute Gasteiger partial charge is 0.466 e. The molecule has 0 bridgehead atoms. The van der Waals surface area contributed by atoms with Crippen LogP contribution in [0.2, 0.25) is 0 Å². The Morgan fingerprint density at radius 2 is 1.44 bits per heavy atom. The molecule has 1 aliphatic carbocycles. The number of allylic oxidation sites excluding steroid dienone is 1. The van der Waals surface area contributed by atoms with E-state index < -0.39 is 6.10 Å². The first-order valence-electron chi connectivity index (χ1n) is 13.8. The highest BCUT2D eigenvalue weighted by Gasteiger charge is 2.36. The van der Waals surface area contributed by atoms with E-state index in [9.17, 15) is 14.7 Å². The van der Waals surface area contributed by atoms with Crippen molar-refractivity contribution in [3.8, 4) is 0 Å². The van der Waals surface area contributed by atoms with Gasteiger partial charge in [0.15, 0.2) is 0 Å². The summed E-state index contributed by atoms with van der Waals surface area (Å²) in [6.45, 7) is 6.57. The van der Waals surface area contributed by atoms with Crippen LogP contribution in [0.1, 0.15) is 117 Å². The summed E-state index contributed by atoms with van der Waals surface area (Å²) in [5.41, 5.74) is 1.22. The van der Waals surface area contributed by atoms with E-state index in [2.05, 4.69) is 13.0 Å². The molecular weight excluding hydrogens is 448 g/mol. The Morgan fingerprint density at radius 1 is 0.882 bits per heavy atom. The van der Waals surface area contributed by atoms with Crippen molar-refractivity contribution in [3.05, 3.63) is 11.6 Å². The number of esters is 2. The molecule has 0 heterocycles. The van der Waals surface area contributed by atoms with Crippen LogP contribution in [0, 0.1) is 5.92 Å². The molecule has 0 unspecified atom stereocenters. The third kappa shape index (κ3) is 13.8. The van der Waals surface area contributed by atoms with Gasteiger partial charge in [-0.1, -0.05) is 82.8 Å².